The van der Waals surface area contributed by atoms with Gasteiger partial charge in [0.05, 0.1) is 22.0 Å². The Hall–Kier alpha value is -4.42. The van der Waals surface area contributed by atoms with E-state index in [4.69, 9.17) is 20.8 Å². The number of hydrogen-bond donors (Lipinski definition) is 0. The molecule has 0 radical (unpaired) electrons. The van der Waals surface area contributed by atoms with E-state index >= 15 is 0 Å². The summed E-state index contributed by atoms with van der Waals surface area (Å²) in [5.41, 5.74) is 3.06. The van der Waals surface area contributed by atoms with Crippen molar-refractivity contribution in [2.45, 2.75) is 19.6 Å². The van der Waals surface area contributed by atoms with Crippen molar-refractivity contribution >= 4 is 34.3 Å². The predicted molar refractivity (Wildman–Crippen MR) is 142 cm³/mol. The molecule has 2 aromatic heterocycles. The third-order valence-corrected chi connectivity index (χ3v) is 6.63. The number of hydrogen-bond acceptors (Lipinski definition) is 5. The van der Waals surface area contributed by atoms with Crippen molar-refractivity contribution in [3.05, 3.63) is 134 Å². The molecule has 0 saturated carbocycles. The van der Waals surface area contributed by atoms with Gasteiger partial charge < -0.3 is 9.15 Å². The number of halogens is 1. The van der Waals surface area contributed by atoms with Crippen molar-refractivity contribution in [1.29, 1.82) is 0 Å². The van der Waals surface area contributed by atoms with Gasteiger partial charge in [0.25, 0.3) is 5.91 Å². The van der Waals surface area contributed by atoms with E-state index in [1.54, 1.807) is 24.3 Å². The van der Waals surface area contributed by atoms with Gasteiger partial charge in [-0.25, -0.2) is 4.98 Å². The first-order chi connectivity index (χ1) is 18.0. The summed E-state index contributed by atoms with van der Waals surface area (Å²) in [6.07, 6.45) is 1.47. The lowest BCUT2D eigenvalue weighted by atomic mass is 9.98. The molecule has 37 heavy (non-hydrogen) atoms. The first-order valence-electron chi connectivity index (χ1n) is 11.8. The first-order valence-corrected chi connectivity index (χ1v) is 12.2. The summed E-state index contributed by atoms with van der Waals surface area (Å²) in [5, 5.41) is 0.870. The molecule has 7 heteroatoms. The van der Waals surface area contributed by atoms with Crippen LogP contribution in [0.4, 0.5) is 5.82 Å². The zero-order valence-electron chi connectivity index (χ0n) is 19.9. The third-order valence-electron chi connectivity index (χ3n) is 6.41. The van der Waals surface area contributed by atoms with E-state index in [2.05, 4.69) is 4.98 Å². The van der Waals surface area contributed by atoms with Crippen LogP contribution in [0, 0.1) is 6.92 Å². The second-order valence-electron chi connectivity index (χ2n) is 8.93. The van der Waals surface area contributed by atoms with Crippen LogP contribution in [0.1, 0.15) is 38.9 Å². The molecule has 0 bridgehead atoms. The number of carbonyl (C=O) groups is 1. The highest BCUT2D eigenvalue weighted by molar-refractivity contribution is 6.30. The average Bonchev–Trinajstić information content (AvgIpc) is 3.21. The fourth-order valence-electron chi connectivity index (χ4n) is 4.66. The van der Waals surface area contributed by atoms with E-state index in [0.29, 0.717) is 39.7 Å². The molecule has 0 saturated heterocycles. The molecule has 182 valence electrons. The van der Waals surface area contributed by atoms with Gasteiger partial charge in [0.15, 0.2) is 5.43 Å². The topological polar surface area (TPSA) is 72.6 Å². The van der Waals surface area contributed by atoms with Gasteiger partial charge in [-0.3, -0.25) is 14.5 Å². The summed E-state index contributed by atoms with van der Waals surface area (Å²) in [6.45, 7) is 2.30. The number of nitrogens with zero attached hydrogens (tertiary/aromatic N) is 2. The van der Waals surface area contributed by atoms with Gasteiger partial charge >= 0.3 is 0 Å². The van der Waals surface area contributed by atoms with Crippen LogP contribution in [0.5, 0.6) is 5.75 Å². The molecule has 0 fully saturated rings. The van der Waals surface area contributed by atoms with Crippen LogP contribution >= 0.6 is 11.6 Å². The molecule has 1 aliphatic heterocycles. The Morgan fingerprint density at radius 2 is 1.81 bits per heavy atom. The highest BCUT2D eigenvalue weighted by Gasteiger charge is 2.44. The van der Waals surface area contributed by atoms with Crippen LogP contribution in [-0.2, 0) is 6.61 Å². The Kier molecular flexibility index (Phi) is 5.74. The Labute approximate surface area is 217 Å². The molecule has 1 amide bonds. The van der Waals surface area contributed by atoms with Crippen LogP contribution in [-0.4, -0.2) is 10.9 Å². The molecule has 6 nitrogen and oxygen atoms in total. The maximum Gasteiger partial charge on any atom is 0.296 e. The van der Waals surface area contributed by atoms with Crippen molar-refractivity contribution in [3.8, 4) is 5.75 Å². The van der Waals surface area contributed by atoms with Gasteiger partial charge in [0.1, 0.15) is 23.8 Å². The number of ether oxygens (including phenoxy) is 1. The number of benzene rings is 3. The van der Waals surface area contributed by atoms with Gasteiger partial charge in [0.2, 0.25) is 5.76 Å². The average molecular weight is 509 g/mol. The number of anilines is 1. The zero-order chi connectivity index (χ0) is 25.5. The second-order valence-corrected chi connectivity index (χ2v) is 9.37. The first kappa shape index (κ1) is 23.0. The molecular formula is C30H21ClN2O4. The molecular weight excluding hydrogens is 488 g/mol. The predicted octanol–water partition coefficient (Wildman–Crippen LogP) is 6.48. The van der Waals surface area contributed by atoms with Crippen LogP contribution in [0.3, 0.4) is 0 Å². The quantitative estimate of drug-likeness (QED) is 0.272. The normalized spacial score (nSPS) is 14.7. The van der Waals surface area contributed by atoms with Crippen molar-refractivity contribution in [3.63, 3.8) is 0 Å². The summed E-state index contributed by atoms with van der Waals surface area (Å²) in [4.78, 5) is 33.4. The van der Waals surface area contributed by atoms with Crippen molar-refractivity contribution < 1.29 is 13.9 Å². The lowest BCUT2D eigenvalue weighted by molar-refractivity contribution is 0.0970. The molecule has 1 atom stereocenters. The van der Waals surface area contributed by atoms with Crippen LogP contribution in [0.15, 0.2) is 100 Å². The molecule has 3 aromatic carbocycles. The van der Waals surface area contributed by atoms with Crippen molar-refractivity contribution in [2.75, 3.05) is 4.90 Å². The molecule has 1 aliphatic rings. The molecule has 1 unspecified atom stereocenters. The van der Waals surface area contributed by atoms with Gasteiger partial charge in [-0.2, -0.15) is 0 Å². The summed E-state index contributed by atoms with van der Waals surface area (Å²) in [6, 6.07) is 25.2. The zero-order valence-corrected chi connectivity index (χ0v) is 20.6. The van der Waals surface area contributed by atoms with E-state index in [1.165, 1.54) is 11.1 Å². The number of fused-ring (bicyclic) bond motifs is 2. The Balaban J connectivity index is 1.50. The van der Waals surface area contributed by atoms with Crippen LogP contribution < -0.4 is 15.1 Å². The Bertz CT molecular complexity index is 1700. The van der Waals surface area contributed by atoms with Crippen molar-refractivity contribution in [2.24, 2.45) is 0 Å². The summed E-state index contributed by atoms with van der Waals surface area (Å²) < 4.78 is 12.1. The molecule has 0 spiro atoms. The Morgan fingerprint density at radius 1 is 0.973 bits per heavy atom. The number of aryl methyl sites for hydroxylation is 1. The van der Waals surface area contributed by atoms with Gasteiger partial charge in [-0.05, 0) is 54.4 Å². The van der Waals surface area contributed by atoms with Gasteiger partial charge in [0, 0.05) is 6.20 Å². The number of aromatic nitrogens is 1. The standard InChI is InChI=1S/C30H21ClN2O4/c1-18-10-12-24-23(14-18)28(34)26-27(33(30(35)29(26)37-24)25-13-11-21(31)16-32-25)20-8-5-9-22(15-20)36-17-19-6-3-2-4-7-19/h2-16,27H,17H2,1H3. The monoisotopic (exact) mass is 508 g/mol. The fraction of sp³-hybridized carbons (Fsp3) is 0.100. The molecule has 5 aromatic rings. The highest BCUT2D eigenvalue weighted by atomic mass is 35.5. The SMILES string of the molecule is Cc1ccc2oc3c(c(=O)c2c1)C(c1cccc(OCc2ccccc2)c1)N(c1ccc(Cl)cn1)C3=O. The maximum absolute atomic E-state index is 13.8. The third kappa shape index (κ3) is 4.15. The molecule has 0 N–H and O–H groups in total. The molecule has 6 rings (SSSR count). The van der Waals surface area contributed by atoms with Crippen LogP contribution in [0.2, 0.25) is 5.02 Å². The summed E-state index contributed by atoms with van der Waals surface area (Å²) >= 11 is 6.06. The number of rotatable bonds is 5. The highest BCUT2D eigenvalue weighted by Crippen LogP contribution is 2.41. The minimum Gasteiger partial charge on any atom is -0.489 e. The Morgan fingerprint density at radius 3 is 2.59 bits per heavy atom. The van der Waals surface area contributed by atoms with E-state index in [1.807, 2.05) is 67.6 Å². The summed E-state index contributed by atoms with van der Waals surface area (Å²) in [7, 11) is 0. The van der Waals surface area contributed by atoms with E-state index in [9.17, 15) is 9.59 Å². The van der Waals surface area contributed by atoms with E-state index < -0.39 is 11.9 Å². The second kappa shape index (κ2) is 9.22. The number of carbonyl (C=O) groups excluding carboxylic acids is 1. The number of pyridine rings is 1. The fourth-order valence-corrected chi connectivity index (χ4v) is 4.78. The lowest BCUT2D eigenvalue weighted by Gasteiger charge is -2.24. The van der Waals surface area contributed by atoms with E-state index in [-0.39, 0.29) is 16.8 Å². The van der Waals surface area contributed by atoms with Gasteiger partial charge in [-0.1, -0.05) is 65.7 Å². The molecule has 0 aliphatic carbocycles. The largest absolute Gasteiger partial charge is 0.489 e. The lowest BCUT2D eigenvalue weighted by Crippen LogP contribution is -2.30. The smallest absolute Gasteiger partial charge is 0.296 e. The maximum atomic E-state index is 13.8. The molecule has 3 heterocycles. The van der Waals surface area contributed by atoms with Crippen molar-refractivity contribution in [1.82, 2.24) is 4.98 Å². The van der Waals surface area contributed by atoms with E-state index in [0.717, 1.165) is 11.1 Å². The minimum absolute atomic E-state index is 0.0127. The minimum atomic E-state index is -0.752. The van der Waals surface area contributed by atoms with Crippen LogP contribution in [0.25, 0.3) is 11.0 Å². The van der Waals surface area contributed by atoms with Gasteiger partial charge in [-0.15, -0.1) is 0 Å². The number of amides is 1. The summed E-state index contributed by atoms with van der Waals surface area (Å²) in [5.74, 6) is 0.553.